The molecule has 5 rings (SSSR count). The molecule has 0 unspecified atom stereocenters. The van der Waals surface area contributed by atoms with E-state index < -0.39 is 10.1 Å². The third-order valence-corrected chi connectivity index (χ3v) is 7.44. The summed E-state index contributed by atoms with van der Waals surface area (Å²) in [4.78, 5) is 4.86. The van der Waals surface area contributed by atoms with Crippen molar-refractivity contribution in [1.82, 2.24) is 9.38 Å². The van der Waals surface area contributed by atoms with E-state index in [9.17, 15) is 8.42 Å². The van der Waals surface area contributed by atoms with Crippen LogP contribution in [0.1, 0.15) is 37.7 Å². The summed E-state index contributed by atoms with van der Waals surface area (Å²) in [7, 11) is -3.92. The fraction of sp³-hybridized carbons (Fsp3) is 0.222. The average Bonchev–Trinajstić information content (AvgIpc) is 3.21. The number of fused-ring (bicyclic) bond motifs is 1. The Hall–Kier alpha value is -3.10. The zero-order valence-corrected chi connectivity index (χ0v) is 21.5. The van der Waals surface area contributed by atoms with Gasteiger partial charge < -0.3 is 9.50 Å². The summed E-state index contributed by atoms with van der Waals surface area (Å²) in [6, 6.07) is 20.6. The molecule has 4 aromatic rings. The lowest BCUT2D eigenvalue weighted by Gasteiger charge is -2.24. The van der Waals surface area contributed by atoms with Crippen LogP contribution in [0.5, 0.6) is 5.75 Å². The number of nitrogens with one attached hydrogen (secondary N) is 1. The largest absolute Gasteiger partial charge is 0.379 e. The molecule has 1 aliphatic rings. The molecule has 1 aliphatic carbocycles. The van der Waals surface area contributed by atoms with Crippen molar-refractivity contribution in [2.75, 3.05) is 5.32 Å². The standard InChI is InChI=1S/C27H26BrN3O3S/c28-22-14-15-25-30-26(27(31(25)19-22)29-23-11-5-2-6-12-23)21-10-7-13-24(18-21)34-35(32,33)17-16-20-8-3-1-4-9-20/h1,3-4,7-10,13-19,23,29H,2,5-6,11-12H2. The van der Waals surface area contributed by atoms with Gasteiger partial charge in [-0.1, -0.05) is 61.7 Å². The molecule has 1 N–H and O–H groups in total. The molecular formula is C27H26BrN3O3S. The summed E-state index contributed by atoms with van der Waals surface area (Å²) >= 11 is 3.56. The highest BCUT2D eigenvalue weighted by molar-refractivity contribution is 9.10. The molecule has 1 saturated carbocycles. The Morgan fingerprint density at radius 3 is 2.60 bits per heavy atom. The first kappa shape index (κ1) is 23.6. The zero-order valence-electron chi connectivity index (χ0n) is 19.1. The lowest BCUT2D eigenvalue weighted by Crippen LogP contribution is -2.23. The van der Waals surface area contributed by atoms with Crippen molar-refractivity contribution in [2.45, 2.75) is 38.1 Å². The maximum absolute atomic E-state index is 12.6. The van der Waals surface area contributed by atoms with Gasteiger partial charge in [0.05, 0.1) is 5.41 Å². The first-order valence-corrected chi connectivity index (χ1v) is 14.0. The summed E-state index contributed by atoms with van der Waals surface area (Å²) in [5.74, 6) is 1.14. The van der Waals surface area contributed by atoms with Crippen LogP contribution in [0.3, 0.4) is 0 Å². The predicted octanol–water partition coefficient (Wildman–Crippen LogP) is 6.89. The molecule has 0 saturated heterocycles. The van der Waals surface area contributed by atoms with Gasteiger partial charge in [0.15, 0.2) is 0 Å². The molecule has 0 aliphatic heterocycles. The summed E-state index contributed by atoms with van der Waals surface area (Å²) in [5, 5.41) is 4.79. The Balaban J connectivity index is 1.46. The number of benzene rings is 2. The molecule has 1 fully saturated rings. The molecule has 35 heavy (non-hydrogen) atoms. The fourth-order valence-corrected chi connectivity index (χ4v) is 5.47. The van der Waals surface area contributed by atoms with Crippen LogP contribution in [0, 0.1) is 0 Å². The highest BCUT2D eigenvalue weighted by Gasteiger charge is 2.20. The number of hydrogen-bond donors (Lipinski definition) is 1. The number of anilines is 1. The number of nitrogens with zero attached hydrogens (tertiary/aromatic N) is 2. The Morgan fingerprint density at radius 1 is 1.00 bits per heavy atom. The van der Waals surface area contributed by atoms with E-state index in [1.54, 1.807) is 18.2 Å². The number of halogens is 1. The molecule has 0 bridgehead atoms. The number of hydrogen-bond acceptors (Lipinski definition) is 5. The minimum atomic E-state index is -3.92. The summed E-state index contributed by atoms with van der Waals surface area (Å²) in [6.07, 6.45) is 9.46. The van der Waals surface area contributed by atoms with E-state index in [-0.39, 0.29) is 5.75 Å². The van der Waals surface area contributed by atoms with Gasteiger partial charge >= 0.3 is 10.1 Å². The van der Waals surface area contributed by atoms with E-state index >= 15 is 0 Å². The number of rotatable bonds is 7. The maximum Gasteiger partial charge on any atom is 0.332 e. The van der Waals surface area contributed by atoms with Crippen molar-refractivity contribution in [3.8, 4) is 17.0 Å². The molecule has 8 heteroatoms. The molecule has 0 amide bonds. The highest BCUT2D eigenvalue weighted by Crippen LogP contribution is 2.34. The minimum Gasteiger partial charge on any atom is -0.379 e. The molecule has 0 radical (unpaired) electrons. The lowest BCUT2D eigenvalue weighted by atomic mass is 9.95. The van der Waals surface area contributed by atoms with Gasteiger partial charge in [-0.15, -0.1) is 0 Å². The molecule has 2 aromatic heterocycles. The summed E-state index contributed by atoms with van der Waals surface area (Å²) in [5.41, 5.74) is 3.13. The van der Waals surface area contributed by atoms with Gasteiger partial charge in [-0.2, -0.15) is 8.42 Å². The van der Waals surface area contributed by atoms with Gasteiger partial charge in [-0.3, -0.25) is 4.40 Å². The molecule has 2 aromatic carbocycles. The van der Waals surface area contributed by atoms with Crippen LogP contribution in [0.15, 0.2) is 82.8 Å². The topological polar surface area (TPSA) is 72.7 Å². The van der Waals surface area contributed by atoms with Gasteiger partial charge in [-0.25, -0.2) is 4.98 Å². The second-order valence-electron chi connectivity index (χ2n) is 8.68. The number of aromatic nitrogens is 2. The molecular weight excluding hydrogens is 526 g/mol. The predicted molar refractivity (Wildman–Crippen MR) is 144 cm³/mol. The zero-order chi connectivity index (χ0) is 24.3. The van der Waals surface area contributed by atoms with Gasteiger partial charge in [-0.05, 0) is 64.7 Å². The Morgan fingerprint density at radius 2 is 1.80 bits per heavy atom. The van der Waals surface area contributed by atoms with Gasteiger partial charge in [0.1, 0.15) is 22.9 Å². The Kier molecular flexibility index (Phi) is 6.92. The van der Waals surface area contributed by atoms with Crippen molar-refractivity contribution in [3.05, 3.63) is 88.4 Å². The quantitative estimate of drug-likeness (QED) is 0.253. The van der Waals surface area contributed by atoms with Crippen LogP contribution in [-0.2, 0) is 10.1 Å². The van der Waals surface area contributed by atoms with Crippen LogP contribution in [0.4, 0.5) is 5.82 Å². The third kappa shape index (κ3) is 5.77. The number of pyridine rings is 1. The van der Waals surface area contributed by atoms with Crippen molar-refractivity contribution < 1.29 is 12.6 Å². The first-order chi connectivity index (χ1) is 17.0. The van der Waals surface area contributed by atoms with Crippen molar-refractivity contribution in [2.24, 2.45) is 0 Å². The van der Waals surface area contributed by atoms with E-state index in [1.807, 2.05) is 59.1 Å². The van der Waals surface area contributed by atoms with Crippen molar-refractivity contribution >= 4 is 43.6 Å². The number of imidazole rings is 1. The second-order valence-corrected chi connectivity index (χ2v) is 11.0. The second kappa shape index (κ2) is 10.3. The fourth-order valence-electron chi connectivity index (χ4n) is 4.38. The molecule has 6 nitrogen and oxygen atoms in total. The van der Waals surface area contributed by atoms with Crippen LogP contribution in [-0.4, -0.2) is 23.8 Å². The molecule has 2 heterocycles. The highest BCUT2D eigenvalue weighted by atomic mass is 79.9. The van der Waals surface area contributed by atoms with E-state index in [1.165, 1.54) is 25.3 Å². The van der Waals surface area contributed by atoms with Crippen molar-refractivity contribution in [3.63, 3.8) is 0 Å². The maximum atomic E-state index is 12.6. The van der Waals surface area contributed by atoms with E-state index in [2.05, 4.69) is 21.2 Å². The third-order valence-electron chi connectivity index (χ3n) is 6.08. The smallest absolute Gasteiger partial charge is 0.332 e. The van der Waals surface area contributed by atoms with Gasteiger partial charge in [0, 0.05) is 22.3 Å². The monoisotopic (exact) mass is 551 g/mol. The van der Waals surface area contributed by atoms with Crippen molar-refractivity contribution in [1.29, 1.82) is 0 Å². The lowest BCUT2D eigenvalue weighted by molar-refractivity contribution is 0.462. The summed E-state index contributed by atoms with van der Waals surface area (Å²) < 4.78 is 33.6. The van der Waals surface area contributed by atoms with Crippen LogP contribution < -0.4 is 9.50 Å². The molecule has 0 spiro atoms. The first-order valence-electron chi connectivity index (χ1n) is 11.7. The van der Waals surface area contributed by atoms with Crippen LogP contribution >= 0.6 is 15.9 Å². The average molecular weight is 552 g/mol. The molecule has 180 valence electrons. The Bertz CT molecular complexity index is 1460. The minimum absolute atomic E-state index is 0.238. The van der Waals surface area contributed by atoms with E-state index in [0.29, 0.717) is 6.04 Å². The normalized spacial score (nSPS) is 15.0. The van der Waals surface area contributed by atoms with E-state index in [4.69, 9.17) is 9.17 Å². The van der Waals surface area contributed by atoms with Gasteiger partial charge in [0.25, 0.3) is 0 Å². The SMILES string of the molecule is O=S(=O)(C=Cc1ccccc1)Oc1cccc(-c2nc3ccc(Br)cn3c2NC2CCCCC2)c1. The van der Waals surface area contributed by atoms with E-state index in [0.717, 1.165) is 51.0 Å². The van der Waals surface area contributed by atoms with Gasteiger partial charge in [0.2, 0.25) is 0 Å². The van der Waals surface area contributed by atoms with Crippen LogP contribution in [0.2, 0.25) is 0 Å². The van der Waals surface area contributed by atoms with Crippen LogP contribution in [0.25, 0.3) is 23.0 Å². The summed E-state index contributed by atoms with van der Waals surface area (Å²) in [6.45, 7) is 0. The Labute approximate surface area is 213 Å². The molecule has 0 atom stereocenters.